The molecule has 102 valence electrons. The van der Waals surface area contributed by atoms with E-state index in [1.54, 1.807) is 0 Å². The normalized spacial score (nSPS) is 13.6. The van der Waals surface area contributed by atoms with E-state index in [4.69, 9.17) is 4.74 Å². The summed E-state index contributed by atoms with van der Waals surface area (Å²) < 4.78 is 5.40. The van der Waals surface area contributed by atoms with E-state index in [1.807, 2.05) is 32.9 Å². The van der Waals surface area contributed by atoms with Crippen molar-refractivity contribution in [3.63, 3.8) is 0 Å². The summed E-state index contributed by atoms with van der Waals surface area (Å²) in [5, 5.41) is 5.58. The second-order valence-electron chi connectivity index (χ2n) is 5.17. The molecule has 2 N–H and O–H groups in total. The van der Waals surface area contributed by atoms with Crippen LogP contribution in [0.1, 0.15) is 25.8 Å². The van der Waals surface area contributed by atoms with Crippen LogP contribution in [0.15, 0.2) is 12.1 Å². The average molecular weight is 262 g/mol. The molecule has 5 nitrogen and oxygen atoms in total. The molecule has 2 rings (SSSR count). The average Bonchev–Trinajstić information content (AvgIpc) is 2.26. The maximum atomic E-state index is 11.8. The molecule has 0 aliphatic carbocycles. The number of amides is 2. The summed E-state index contributed by atoms with van der Waals surface area (Å²) >= 11 is 0. The summed E-state index contributed by atoms with van der Waals surface area (Å²) in [6, 6.07) is 3.67. The number of nitrogens with one attached hydrogen (secondary N) is 2. The molecule has 0 saturated heterocycles. The molecule has 0 saturated carbocycles. The van der Waals surface area contributed by atoms with Crippen molar-refractivity contribution in [1.29, 1.82) is 0 Å². The van der Waals surface area contributed by atoms with Crippen LogP contribution in [0, 0.1) is 12.8 Å². The fourth-order valence-electron chi connectivity index (χ4n) is 2.01. The van der Waals surface area contributed by atoms with Gasteiger partial charge in [0.15, 0.2) is 12.4 Å². The van der Waals surface area contributed by atoms with E-state index < -0.39 is 0 Å². The number of carbonyl (C=O) groups is 2. The van der Waals surface area contributed by atoms with Crippen LogP contribution in [-0.4, -0.2) is 18.4 Å². The van der Waals surface area contributed by atoms with Gasteiger partial charge in [-0.15, -0.1) is 0 Å². The summed E-state index contributed by atoms with van der Waals surface area (Å²) in [5.41, 5.74) is 2.17. The molecule has 0 unspecified atom stereocenters. The number of ether oxygens (including phenoxy) is 1. The quantitative estimate of drug-likeness (QED) is 0.878. The summed E-state index contributed by atoms with van der Waals surface area (Å²) in [6.45, 7) is 5.85. The number of hydrogen-bond acceptors (Lipinski definition) is 3. The lowest BCUT2D eigenvalue weighted by molar-refractivity contribution is -0.118. The van der Waals surface area contributed by atoms with Crippen LogP contribution in [0.3, 0.4) is 0 Å². The number of aryl methyl sites for hydroxylation is 1. The number of carbonyl (C=O) groups excluding carboxylic acids is 2. The first-order valence-electron chi connectivity index (χ1n) is 6.33. The van der Waals surface area contributed by atoms with Gasteiger partial charge in [0, 0.05) is 6.42 Å². The minimum absolute atomic E-state index is 0.0247. The topological polar surface area (TPSA) is 67.4 Å². The Balaban J connectivity index is 2.25. The second kappa shape index (κ2) is 5.30. The van der Waals surface area contributed by atoms with Gasteiger partial charge in [-0.25, -0.2) is 0 Å². The van der Waals surface area contributed by atoms with Gasteiger partial charge in [-0.2, -0.15) is 0 Å². The number of benzene rings is 1. The molecule has 1 aliphatic heterocycles. The van der Waals surface area contributed by atoms with Crippen LogP contribution in [0.25, 0.3) is 0 Å². The number of fused-ring (bicyclic) bond motifs is 1. The highest BCUT2D eigenvalue weighted by atomic mass is 16.5. The maximum absolute atomic E-state index is 11.8. The van der Waals surface area contributed by atoms with Gasteiger partial charge in [0.1, 0.15) is 0 Å². The van der Waals surface area contributed by atoms with E-state index in [0.717, 1.165) is 5.56 Å². The fourth-order valence-corrected chi connectivity index (χ4v) is 2.01. The van der Waals surface area contributed by atoms with Gasteiger partial charge in [0.05, 0.1) is 11.4 Å². The largest absolute Gasteiger partial charge is 0.479 e. The molecular formula is C14H18N2O3. The smallest absolute Gasteiger partial charge is 0.262 e. The Morgan fingerprint density at radius 1 is 1.47 bits per heavy atom. The van der Waals surface area contributed by atoms with Crippen LogP contribution >= 0.6 is 0 Å². The van der Waals surface area contributed by atoms with E-state index in [0.29, 0.717) is 29.5 Å². The van der Waals surface area contributed by atoms with Gasteiger partial charge < -0.3 is 15.4 Å². The Hall–Kier alpha value is -2.04. The second-order valence-corrected chi connectivity index (χ2v) is 5.17. The highest BCUT2D eigenvalue weighted by Crippen LogP contribution is 2.37. The molecule has 1 aromatic carbocycles. The maximum Gasteiger partial charge on any atom is 0.262 e. The van der Waals surface area contributed by atoms with Gasteiger partial charge >= 0.3 is 0 Å². The number of rotatable bonds is 3. The molecular weight excluding hydrogens is 244 g/mol. The Bertz CT molecular complexity index is 524. The standard InChI is InChI=1S/C14H18N2O3/c1-8(2)4-12(17)15-10-5-9(3)6-11-14(10)19-7-13(18)16-11/h5-6,8H,4,7H2,1-3H3,(H,15,17)(H,16,18). The van der Waals surface area contributed by atoms with Gasteiger partial charge in [0.25, 0.3) is 5.91 Å². The van der Waals surface area contributed by atoms with Gasteiger partial charge in [-0.1, -0.05) is 13.8 Å². The highest BCUT2D eigenvalue weighted by molar-refractivity contribution is 6.00. The van der Waals surface area contributed by atoms with E-state index in [1.165, 1.54) is 0 Å². The van der Waals surface area contributed by atoms with Crippen molar-refractivity contribution < 1.29 is 14.3 Å². The minimum Gasteiger partial charge on any atom is -0.479 e. The van der Waals surface area contributed by atoms with Crippen molar-refractivity contribution in [2.24, 2.45) is 5.92 Å². The molecule has 0 bridgehead atoms. The first kappa shape index (κ1) is 13.4. The van der Waals surface area contributed by atoms with Crippen LogP contribution in [0.2, 0.25) is 0 Å². The summed E-state index contributed by atoms with van der Waals surface area (Å²) in [4.78, 5) is 23.1. The molecule has 5 heteroatoms. The minimum atomic E-state index is -0.183. The molecule has 1 aromatic rings. The van der Waals surface area contributed by atoms with E-state index in [9.17, 15) is 9.59 Å². The molecule has 0 spiro atoms. The van der Waals surface area contributed by atoms with Crippen molar-refractivity contribution in [2.75, 3.05) is 17.2 Å². The molecule has 0 aromatic heterocycles. The SMILES string of the molecule is Cc1cc2c(c(NC(=O)CC(C)C)c1)OCC(=O)N2. The lowest BCUT2D eigenvalue weighted by Gasteiger charge is -2.22. The fraction of sp³-hybridized carbons (Fsp3) is 0.429. The van der Waals surface area contributed by atoms with Crippen molar-refractivity contribution in [3.8, 4) is 5.75 Å². The first-order chi connectivity index (χ1) is 8.95. The first-order valence-corrected chi connectivity index (χ1v) is 6.33. The Morgan fingerprint density at radius 2 is 2.21 bits per heavy atom. The zero-order valence-corrected chi connectivity index (χ0v) is 11.4. The number of hydrogen-bond donors (Lipinski definition) is 2. The Kier molecular flexibility index (Phi) is 3.74. The van der Waals surface area contributed by atoms with Crippen LogP contribution in [0.4, 0.5) is 11.4 Å². The Labute approximate surface area is 112 Å². The van der Waals surface area contributed by atoms with Crippen molar-refractivity contribution in [1.82, 2.24) is 0 Å². The summed E-state index contributed by atoms with van der Waals surface area (Å²) in [7, 11) is 0. The monoisotopic (exact) mass is 262 g/mol. The molecule has 19 heavy (non-hydrogen) atoms. The third-order valence-electron chi connectivity index (χ3n) is 2.72. The molecule has 0 fully saturated rings. The van der Waals surface area contributed by atoms with Gasteiger partial charge in [-0.05, 0) is 30.5 Å². The van der Waals surface area contributed by atoms with Crippen molar-refractivity contribution in [2.45, 2.75) is 27.2 Å². The van der Waals surface area contributed by atoms with Gasteiger partial charge in [-0.3, -0.25) is 9.59 Å². The number of anilines is 2. The summed E-state index contributed by atoms with van der Waals surface area (Å²) in [6.07, 6.45) is 0.453. The summed E-state index contributed by atoms with van der Waals surface area (Å²) in [5.74, 6) is 0.587. The molecule has 0 atom stereocenters. The predicted octanol–water partition coefficient (Wildman–Crippen LogP) is 2.31. The van der Waals surface area contributed by atoms with Crippen LogP contribution < -0.4 is 15.4 Å². The predicted molar refractivity (Wildman–Crippen MR) is 73.4 cm³/mol. The third-order valence-corrected chi connectivity index (χ3v) is 2.72. The van der Waals surface area contributed by atoms with Crippen molar-refractivity contribution in [3.05, 3.63) is 17.7 Å². The van der Waals surface area contributed by atoms with Crippen LogP contribution in [-0.2, 0) is 9.59 Å². The zero-order valence-electron chi connectivity index (χ0n) is 11.4. The Morgan fingerprint density at radius 3 is 2.89 bits per heavy atom. The van der Waals surface area contributed by atoms with Gasteiger partial charge in [0.2, 0.25) is 5.91 Å². The molecule has 2 amide bonds. The van der Waals surface area contributed by atoms with Crippen molar-refractivity contribution >= 4 is 23.2 Å². The zero-order chi connectivity index (χ0) is 14.0. The lowest BCUT2D eigenvalue weighted by Crippen LogP contribution is -2.26. The molecule has 0 radical (unpaired) electrons. The van der Waals surface area contributed by atoms with E-state index in [-0.39, 0.29) is 18.4 Å². The molecule has 1 aliphatic rings. The van der Waals surface area contributed by atoms with E-state index >= 15 is 0 Å². The third kappa shape index (κ3) is 3.24. The van der Waals surface area contributed by atoms with Crippen LogP contribution in [0.5, 0.6) is 5.75 Å². The highest BCUT2D eigenvalue weighted by Gasteiger charge is 2.21. The molecule has 1 heterocycles. The van der Waals surface area contributed by atoms with E-state index in [2.05, 4.69) is 10.6 Å². The lowest BCUT2D eigenvalue weighted by atomic mass is 10.1.